The molecule has 144 valence electrons. The number of rotatable bonds is 4. The van der Waals surface area contributed by atoms with Crippen molar-refractivity contribution < 1.29 is 9.53 Å². The maximum Gasteiger partial charge on any atom is 0.319 e. The maximum absolute atomic E-state index is 12.4. The zero-order valence-electron chi connectivity index (χ0n) is 15.8. The summed E-state index contributed by atoms with van der Waals surface area (Å²) in [5.41, 5.74) is 1.77. The van der Waals surface area contributed by atoms with Crippen molar-refractivity contribution in [2.24, 2.45) is 5.92 Å². The lowest BCUT2D eigenvalue weighted by molar-refractivity contribution is -0.0401. The Morgan fingerprint density at radius 3 is 2.65 bits per heavy atom. The maximum atomic E-state index is 12.4. The Morgan fingerprint density at radius 1 is 1.31 bits per heavy atom. The lowest BCUT2D eigenvalue weighted by Gasteiger charge is -2.49. The van der Waals surface area contributed by atoms with Gasteiger partial charge in [0.15, 0.2) is 0 Å². The van der Waals surface area contributed by atoms with E-state index in [4.69, 9.17) is 16.3 Å². The van der Waals surface area contributed by atoms with Crippen LogP contribution in [0.5, 0.6) is 0 Å². The fourth-order valence-corrected chi connectivity index (χ4v) is 4.21. The number of nitrogens with one attached hydrogen (secondary N) is 2. The Morgan fingerprint density at radius 2 is 2.00 bits per heavy atom. The average Bonchev–Trinajstić information content (AvgIpc) is 2.65. The molecule has 5 nitrogen and oxygen atoms in total. The van der Waals surface area contributed by atoms with E-state index in [1.165, 1.54) is 12.8 Å². The number of aryl methyl sites for hydroxylation is 1. The van der Waals surface area contributed by atoms with E-state index in [-0.39, 0.29) is 11.6 Å². The number of hydrogen-bond acceptors (Lipinski definition) is 3. The SMILES string of the molecule is Cc1ccc(NC(=O)NCC2(N3CCOCC3)CCC(C)CC2)cc1Cl. The summed E-state index contributed by atoms with van der Waals surface area (Å²) in [6.07, 6.45) is 4.69. The number of carbonyl (C=O) groups excluding carboxylic acids is 1. The van der Waals surface area contributed by atoms with Crippen LogP contribution in [0.25, 0.3) is 0 Å². The van der Waals surface area contributed by atoms with E-state index in [2.05, 4.69) is 22.5 Å². The number of halogens is 1. The molecule has 1 aromatic rings. The van der Waals surface area contributed by atoms with Crippen LogP contribution in [0.15, 0.2) is 18.2 Å². The van der Waals surface area contributed by atoms with Crippen LogP contribution in [0.1, 0.15) is 38.2 Å². The van der Waals surface area contributed by atoms with Crippen LogP contribution in [0, 0.1) is 12.8 Å². The molecule has 0 spiro atoms. The number of urea groups is 1. The molecule has 1 saturated heterocycles. The number of amides is 2. The van der Waals surface area contributed by atoms with E-state index in [1.807, 2.05) is 19.1 Å². The highest BCUT2D eigenvalue weighted by Gasteiger charge is 2.40. The first-order valence-electron chi connectivity index (χ1n) is 9.62. The minimum Gasteiger partial charge on any atom is -0.379 e. The van der Waals surface area contributed by atoms with Crippen molar-refractivity contribution in [1.82, 2.24) is 10.2 Å². The fraction of sp³-hybridized carbons (Fsp3) is 0.650. The van der Waals surface area contributed by atoms with Gasteiger partial charge in [0, 0.05) is 35.9 Å². The van der Waals surface area contributed by atoms with Gasteiger partial charge in [-0.1, -0.05) is 24.6 Å². The largest absolute Gasteiger partial charge is 0.379 e. The van der Waals surface area contributed by atoms with Crippen LogP contribution in [0.4, 0.5) is 10.5 Å². The van der Waals surface area contributed by atoms with Crippen LogP contribution < -0.4 is 10.6 Å². The van der Waals surface area contributed by atoms with E-state index in [0.717, 1.165) is 56.3 Å². The Labute approximate surface area is 161 Å². The third-order valence-corrected chi connectivity index (χ3v) is 6.30. The van der Waals surface area contributed by atoms with Gasteiger partial charge in [0.05, 0.1) is 13.2 Å². The second-order valence-electron chi connectivity index (χ2n) is 7.78. The molecule has 1 heterocycles. The highest BCUT2D eigenvalue weighted by molar-refractivity contribution is 6.31. The minimum atomic E-state index is -0.170. The number of anilines is 1. The summed E-state index contributed by atoms with van der Waals surface area (Å²) in [5.74, 6) is 0.771. The molecule has 2 aliphatic rings. The van der Waals surface area contributed by atoms with E-state index in [0.29, 0.717) is 11.6 Å². The lowest BCUT2D eigenvalue weighted by Crippen LogP contribution is -2.60. The first kappa shape index (κ1) is 19.5. The van der Waals surface area contributed by atoms with Gasteiger partial charge in [0.1, 0.15) is 0 Å². The molecule has 1 aliphatic heterocycles. The molecule has 2 fully saturated rings. The molecule has 1 aliphatic carbocycles. The van der Waals surface area contributed by atoms with Crippen molar-refractivity contribution in [3.63, 3.8) is 0 Å². The summed E-state index contributed by atoms with van der Waals surface area (Å²) in [5, 5.41) is 6.67. The zero-order chi connectivity index (χ0) is 18.6. The molecular formula is C20H30ClN3O2. The smallest absolute Gasteiger partial charge is 0.319 e. The Bertz CT molecular complexity index is 623. The molecule has 0 aromatic heterocycles. The van der Waals surface area contributed by atoms with E-state index in [1.54, 1.807) is 6.07 Å². The normalized spacial score (nSPS) is 27.1. The van der Waals surface area contributed by atoms with Crippen molar-refractivity contribution in [1.29, 1.82) is 0 Å². The molecule has 6 heteroatoms. The number of morpholine rings is 1. The molecule has 1 saturated carbocycles. The fourth-order valence-electron chi connectivity index (χ4n) is 4.03. The van der Waals surface area contributed by atoms with Gasteiger partial charge in [0.25, 0.3) is 0 Å². The number of benzene rings is 1. The van der Waals surface area contributed by atoms with Gasteiger partial charge >= 0.3 is 6.03 Å². The average molecular weight is 380 g/mol. The Balaban J connectivity index is 1.61. The van der Waals surface area contributed by atoms with E-state index in [9.17, 15) is 4.79 Å². The second kappa shape index (κ2) is 8.59. The van der Waals surface area contributed by atoms with Gasteiger partial charge in [-0.05, 0) is 56.2 Å². The molecule has 3 rings (SSSR count). The van der Waals surface area contributed by atoms with Crippen molar-refractivity contribution in [3.8, 4) is 0 Å². The molecule has 0 radical (unpaired) electrons. The van der Waals surface area contributed by atoms with Crippen molar-refractivity contribution in [2.45, 2.75) is 45.1 Å². The Hall–Kier alpha value is -1.30. The summed E-state index contributed by atoms with van der Waals surface area (Å²) >= 11 is 6.14. The zero-order valence-corrected chi connectivity index (χ0v) is 16.6. The summed E-state index contributed by atoms with van der Waals surface area (Å²) < 4.78 is 5.53. The van der Waals surface area contributed by atoms with Gasteiger partial charge in [-0.15, -0.1) is 0 Å². The topological polar surface area (TPSA) is 53.6 Å². The predicted octanol–water partition coefficient (Wildman–Crippen LogP) is 4.05. The molecule has 0 bridgehead atoms. The monoisotopic (exact) mass is 379 g/mol. The minimum absolute atomic E-state index is 0.0541. The van der Waals surface area contributed by atoms with Crippen LogP contribution >= 0.6 is 11.6 Å². The summed E-state index contributed by atoms with van der Waals surface area (Å²) in [6, 6.07) is 5.41. The van der Waals surface area contributed by atoms with Gasteiger partial charge in [0.2, 0.25) is 0 Å². The van der Waals surface area contributed by atoms with Crippen molar-refractivity contribution in [3.05, 3.63) is 28.8 Å². The lowest BCUT2D eigenvalue weighted by atomic mass is 9.75. The first-order chi connectivity index (χ1) is 12.5. The van der Waals surface area contributed by atoms with Crippen LogP contribution in [-0.2, 0) is 4.74 Å². The number of ether oxygens (including phenoxy) is 1. The molecule has 2 amide bonds. The van der Waals surface area contributed by atoms with Gasteiger partial charge < -0.3 is 15.4 Å². The molecule has 26 heavy (non-hydrogen) atoms. The molecule has 2 N–H and O–H groups in total. The van der Waals surface area contributed by atoms with Crippen molar-refractivity contribution >= 4 is 23.3 Å². The third kappa shape index (κ3) is 4.70. The van der Waals surface area contributed by atoms with Gasteiger partial charge in [-0.25, -0.2) is 4.79 Å². The molecule has 0 atom stereocenters. The predicted molar refractivity (Wildman–Crippen MR) is 106 cm³/mol. The van der Waals surface area contributed by atoms with Crippen LogP contribution in [0.2, 0.25) is 5.02 Å². The highest BCUT2D eigenvalue weighted by atomic mass is 35.5. The second-order valence-corrected chi connectivity index (χ2v) is 8.19. The summed E-state index contributed by atoms with van der Waals surface area (Å²) in [4.78, 5) is 15.0. The summed E-state index contributed by atoms with van der Waals surface area (Å²) in [7, 11) is 0. The molecular weight excluding hydrogens is 350 g/mol. The Kier molecular flexibility index (Phi) is 6.43. The highest BCUT2D eigenvalue weighted by Crippen LogP contribution is 2.36. The van der Waals surface area contributed by atoms with Gasteiger partial charge in [-0.3, -0.25) is 4.90 Å². The number of hydrogen-bond donors (Lipinski definition) is 2. The number of carbonyl (C=O) groups is 1. The standard InChI is InChI=1S/C20H30ClN3O2/c1-15-5-7-20(8-6-15,24-9-11-26-12-10-24)14-22-19(25)23-17-4-3-16(2)18(21)13-17/h3-4,13,15H,5-12,14H2,1-2H3,(H2,22,23,25). The van der Waals surface area contributed by atoms with Crippen LogP contribution in [-0.4, -0.2) is 49.3 Å². The molecule has 1 aromatic carbocycles. The number of nitrogens with zero attached hydrogens (tertiary/aromatic N) is 1. The van der Waals surface area contributed by atoms with Crippen LogP contribution in [0.3, 0.4) is 0 Å². The van der Waals surface area contributed by atoms with E-state index < -0.39 is 0 Å². The van der Waals surface area contributed by atoms with Crippen molar-refractivity contribution in [2.75, 3.05) is 38.2 Å². The van der Waals surface area contributed by atoms with E-state index >= 15 is 0 Å². The quantitative estimate of drug-likeness (QED) is 0.829. The van der Waals surface area contributed by atoms with Gasteiger partial charge in [-0.2, -0.15) is 0 Å². The summed E-state index contributed by atoms with van der Waals surface area (Å²) in [6.45, 7) is 8.41. The third-order valence-electron chi connectivity index (χ3n) is 5.89. The molecule has 0 unspecified atom stereocenters. The first-order valence-corrected chi connectivity index (χ1v) is 10.0.